The SMILES string of the molecule is O=C(O)c1ccc(CNS(=O)(=O)CC2CCCCC2)o1. The second kappa shape index (κ2) is 6.41. The van der Waals surface area contributed by atoms with Crippen molar-refractivity contribution < 1.29 is 22.7 Å². The molecule has 0 atom stereocenters. The van der Waals surface area contributed by atoms with E-state index >= 15 is 0 Å². The Kier molecular flexibility index (Phi) is 4.82. The van der Waals surface area contributed by atoms with Crippen LogP contribution >= 0.6 is 0 Å². The Morgan fingerprint density at radius 3 is 2.60 bits per heavy atom. The van der Waals surface area contributed by atoms with E-state index in [9.17, 15) is 13.2 Å². The molecule has 0 unspecified atom stereocenters. The van der Waals surface area contributed by atoms with E-state index < -0.39 is 16.0 Å². The zero-order valence-electron chi connectivity index (χ0n) is 11.2. The average molecular weight is 301 g/mol. The lowest BCUT2D eigenvalue weighted by Gasteiger charge is -2.21. The number of nitrogens with one attached hydrogen (secondary N) is 1. The quantitative estimate of drug-likeness (QED) is 0.837. The van der Waals surface area contributed by atoms with E-state index in [4.69, 9.17) is 9.52 Å². The van der Waals surface area contributed by atoms with Gasteiger partial charge in [-0.1, -0.05) is 19.3 Å². The highest BCUT2D eigenvalue weighted by atomic mass is 32.2. The summed E-state index contributed by atoms with van der Waals surface area (Å²) in [4.78, 5) is 10.6. The van der Waals surface area contributed by atoms with E-state index in [1.807, 2.05) is 0 Å². The van der Waals surface area contributed by atoms with Crippen LogP contribution in [0.5, 0.6) is 0 Å². The van der Waals surface area contributed by atoms with Gasteiger partial charge in [0.05, 0.1) is 12.3 Å². The average Bonchev–Trinajstić information content (AvgIpc) is 2.86. The summed E-state index contributed by atoms with van der Waals surface area (Å²) in [6, 6.07) is 2.78. The molecule has 0 amide bonds. The third-order valence-electron chi connectivity index (χ3n) is 3.52. The van der Waals surface area contributed by atoms with Crippen LogP contribution in [-0.4, -0.2) is 25.2 Å². The molecule has 1 saturated carbocycles. The minimum atomic E-state index is -3.35. The van der Waals surface area contributed by atoms with Gasteiger partial charge in [0.15, 0.2) is 0 Å². The molecule has 1 aliphatic rings. The van der Waals surface area contributed by atoms with Crippen molar-refractivity contribution >= 4 is 16.0 Å². The van der Waals surface area contributed by atoms with E-state index in [0.717, 1.165) is 25.7 Å². The van der Waals surface area contributed by atoms with Crippen molar-refractivity contribution in [3.63, 3.8) is 0 Å². The summed E-state index contributed by atoms with van der Waals surface area (Å²) < 4.78 is 31.4. The second-order valence-electron chi connectivity index (χ2n) is 5.18. The predicted octanol–water partition coefficient (Wildman–Crippen LogP) is 1.98. The lowest BCUT2D eigenvalue weighted by Crippen LogP contribution is -2.30. The van der Waals surface area contributed by atoms with Gasteiger partial charge in [-0.25, -0.2) is 17.9 Å². The fourth-order valence-electron chi connectivity index (χ4n) is 2.49. The molecule has 0 bridgehead atoms. The maximum Gasteiger partial charge on any atom is 0.371 e. The topological polar surface area (TPSA) is 96.6 Å². The first kappa shape index (κ1) is 15.1. The molecule has 1 aromatic heterocycles. The molecule has 0 spiro atoms. The number of sulfonamides is 1. The lowest BCUT2D eigenvalue weighted by atomic mass is 9.91. The molecular weight excluding hydrogens is 282 g/mol. The normalized spacial score (nSPS) is 17.2. The summed E-state index contributed by atoms with van der Waals surface area (Å²) in [7, 11) is -3.35. The summed E-state index contributed by atoms with van der Waals surface area (Å²) in [6.07, 6.45) is 5.31. The molecule has 0 aliphatic heterocycles. The first-order chi connectivity index (χ1) is 9.46. The first-order valence-corrected chi connectivity index (χ1v) is 8.41. The zero-order chi connectivity index (χ0) is 14.6. The van der Waals surface area contributed by atoms with Gasteiger partial charge < -0.3 is 9.52 Å². The van der Waals surface area contributed by atoms with Gasteiger partial charge in [-0.2, -0.15) is 0 Å². The summed E-state index contributed by atoms with van der Waals surface area (Å²) in [5.41, 5.74) is 0. The van der Waals surface area contributed by atoms with Crippen LogP contribution in [0.3, 0.4) is 0 Å². The number of carbonyl (C=O) groups is 1. The van der Waals surface area contributed by atoms with Gasteiger partial charge in [0.25, 0.3) is 0 Å². The maximum absolute atomic E-state index is 11.9. The third kappa shape index (κ3) is 4.35. The predicted molar refractivity (Wildman–Crippen MR) is 72.9 cm³/mol. The fourth-order valence-corrected chi connectivity index (χ4v) is 3.93. The van der Waals surface area contributed by atoms with Gasteiger partial charge in [-0.15, -0.1) is 0 Å². The van der Waals surface area contributed by atoms with Crippen molar-refractivity contribution in [2.24, 2.45) is 5.92 Å². The highest BCUT2D eigenvalue weighted by Gasteiger charge is 2.21. The minimum Gasteiger partial charge on any atom is -0.475 e. The van der Waals surface area contributed by atoms with Crippen LogP contribution in [0.4, 0.5) is 0 Å². The Labute approximate surface area is 118 Å². The Balaban J connectivity index is 1.86. The molecule has 1 aromatic rings. The van der Waals surface area contributed by atoms with Crippen molar-refractivity contribution in [2.75, 3.05) is 5.75 Å². The third-order valence-corrected chi connectivity index (χ3v) is 5.01. The highest BCUT2D eigenvalue weighted by Crippen LogP contribution is 2.24. The second-order valence-corrected chi connectivity index (χ2v) is 7.03. The Morgan fingerprint density at radius 1 is 1.30 bits per heavy atom. The van der Waals surface area contributed by atoms with Crippen molar-refractivity contribution in [2.45, 2.75) is 38.6 Å². The maximum atomic E-state index is 11.9. The number of aromatic carboxylic acids is 1. The summed E-state index contributed by atoms with van der Waals surface area (Å²) >= 11 is 0. The van der Waals surface area contributed by atoms with Gasteiger partial charge in [-0.05, 0) is 30.9 Å². The molecule has 0 aromatic carbocycles. The molecule has 7 heteroatoms. The van der Waals surface area contributed by atoms with Crippen molar-refractivity contribution in [3.05, 3.63) is 23.7 Å². The number of carboxylic acids is 1. The first-order valence-electron chi connectivity index (χ1n) is 6.75. The number of furan rings is 1. The summed E-state index contributed by atoms with van der Waals surface area (Å²) in [5.74, 6) is -0.686. The van der Waals surface area contributed by atoms with Crippen LogP contribution in [0.25, 0.3) is 0 Å². The molecule has 1 aliphatic carbocycles. The summed E-state index contributed by atoms with van der Waals surface area (Å²) in [6.45, 7) is -0.0116. The number of hydrogen-bond acceptors (Lipinski definition) is 4. The Bertz CT molecular complexity index is 557. The standard InChI is InChI=1S/C13H19NO5S/c15-13(16)12-7-6-11(19-12)8-14-20(17,18)9-10-4-2-1-3-5-10/h6-7,10,14H,1-5,8-9H2,(H,15,16). The van der Waals surface area contributed by atoms with Crippen molar-refractivity contribution in [3.8, 4) is 0 Å². The van der Waals surface area contributed by atoms with E-state index in [0.29, 0.717) is 5.76 Å². The molecule has 0 radical (unpaired) electrons. The molecule has 20 heavy (non-hydrogen) atoms. The summed E-state index contributed by atoms with van der Waals surface area (Å²) in [5, 5.41) is 8.71. The molecule has 1 fully saturated rings. The van der Waals surface area contributed by atoms with Gasteiger partial charge in [0.1, 0.15) is 5.76 Å². The molecule has 6 nitrogen and oxygen atoms in total. The monoisotopic (exact) mass is 301 g/mol. The number of rotatable bonds is 6. The van der Waals surface area contributed by atoms with E-state index in [-0.39, 0.29) is 24.0 Å². The van der Waals surface area contributed by atoms with Crippen LogP contribution in [0.2, 0.25) is 0 Å². The molecule has 2 N–H and O–H groups in total. The molecule has 112 valence electrons. The van der Waals surface area contributed by atoms with Crippen LogP contribution < -0.4 is 4.72 Å². The van der Waals surface area contributed by atoms with Gasteiger partial charge >= 0.3 is 5.97 Å². The fraction of sp³-hybridized carbons (Fsp3) is 0.615. The molecule has 0 saturated heterocycles. The van der Waals surface area contributed by atoms with Crippen molar-refractivity contribution in [1.82, 2.24) is 4.72 Å². The van der Waals surface area contributed by atoms with Crippen LogP contribution in [-0.2, 0) is 16.6 Å². The Hall–Kier alpha value is -1.34. The van der Waals surface area contributed by atoms with Crippen LogP contribution in [0.1, 0.15) is 48.4 Å². The van der Waals surface area contributed by atoms with E-state index in [1.165, 1.54) is 18.6 Å². The highest BCUT2D eigenvalue weighted by molar-refractivity contribution is 7.89. The van der Waals surface area contributed by atoms with E-state index in [1.54, 1.807) is 0 Å². The number of hydrogen-bond donors (Lipinski definition) is 2. The van der Waals surface area contributed by atoms with Crippen LogP contribution in [0.15, 0.2) is 16.5 Å². The number of carboxylic acid groups (broad SMARTS) is 1. The van der Waals surface area contributed by atoms with Crippen LogP contribution in [0, 0.1) is 5.92 Å². The van der Waals surface area contributed by atoms with Crippen molar-refractivity contribution in [1.29, 1.82) is 0 Å². The zero-order valence-corrected chi connectivity index (χ0v) is 12.0. The lowest BCUT2D eigenvalue weighted by molar-refractivity contribution is 0.0660. The Morgan fingerprint density at radius 2 is 2.00 bits per heavy atom. The minimum absolute atomic E-state index is 0.0116. The molecule has 1 heterocycles. The van der Waals surface area contributed by atoms with Gasteiger partial charge in [-0.3, -0.25) is 0 Å². The van der Waals surface area contributed by atoms with Gasteiger partial charge in [0, 0.05) is 0 Å². The molecular formula is C13H19NO5S. The molecule has 2 rings (SSSR count). The van der Waals surface area contributed by atoms with Gasteiger partial charge in [0.2, 0.25) is 15.8 Å². The largest absolute Gasteiger partial charge is 0.475 e. The smallest absolute Gasteiger partial charge is 0.371 e. The van der Waals surface area contributed by atoms with E-state index in [2.05, 4.69) is 4.72 Å².